The number of benzene rings is 2. The van der Waals surface area contributed by atoms with Crippen LogP contribution in [0.1, 0.15) is 19.3 Å². The molecule has 4 rings (SSSR count). The van der Waals surface area contributed by atoms with Gasteiger partial charge in [-0.25, -0.2) is 17.6 Å². The molecule has 35 heavy (non-hydrogen) atoms. The number of carbonyl (C=O) groups is 2. The van der Waals surface area contributed by atoms with E-state index >= 15 is 0 Å². The molecule has 2 aromatic rings. The van der Waals surface area contributed by atoms with Crippen LogP contribution < -0.4 is 19.7 Å². The summed E-state index contributed by atoms with van der Waals surface area (Å²) >= 11 is 0. The molecule has 3 N–H and O–H groups in total. The Balaban J connectivity index is 1.55. The summed E-state index contributed by atoms with van der Waals surface area (Å²) in [5, 5.41) is 14.0. The molecule has 0 aromatic heterocycles. The fraction of sp³-hybridized carbons (Fsp3) is 0.391. The molecule has 2 aliphatic heterocycles. The Morgan fingerprint density at radius 3 is 2.51 bits per heavy atom. The molecule has 1 atom stereocenters. The lowest BCUT2D eigenvalue weighted by molar-refractivity contribution is -0.123. The van der Waals surface area contributed by atoms with Gasteiger partial charge >= 0.3 is 6.09 Å². The second-order valence-corrected chi connectivity index (χ2v) is 10.3. The lowest BCUT2D eigenvalue weighted by Crippen LogP contribution is -2.48. The molecule has 2 heterocycles. The molecule has 1 saturated heterocycles. The highest BCUT2D eigenvalue weighted by atomic mass is 32.2. The van der Waals surface area contributed by atoms with E-state index in [1.54, 1.807) is 0 Å². The zero-order valence-corrected chi connectivity index (χ0v) is 19.6. The SMILES string of the molecule is O=C(O)Nc1ccc2c(c1)N(S(=O)(=O)c1ccc(F)cc1)CC(CNC(=O)CC1CCOCC1)O2. The molecule has 0 spiro atoms. The van der Waals surface area contributed by atoms with Crippen LogP contribution in [0, 0.1) is 11.7 Å². The molecule has 2 amide bonds. The normalized spacial score (nSPS) is 18.3. The lowest BCUT2D eigenvalue weighted by Gasteiger charge is -2.36. The number of halogens is 1. The number of hydrogen-bond acceptors (Lipinski definition) is 6. The maximum atomic E-state index is 13.5. The van der Waals surface area contributed by atoms with Gasteiger partial charge in [-0.05, 0) is 61.2 Å². The number of anilines is 2. The number of nitrogens with zero attached hydrogens (tertiary/aromatic N) is 1. The van der Waals surface area contributed by atoms with Crippen LogP contribution in [0.5, 0.6) is 5.75 Å². The molecule has 2 aromatic carbocycles. The lowest BCUT2D eigenvalue weighted by atomic mass is 9.96. The van der Waals surface area contributed by atoms with E-state index < -0.39 is 28.0 Å². The number of sulfonamides is 1. The van der Waals surface area contributed by atoms with E-state index in [1.807, 2.05) is 0 Å². The summed E-state index contributed by atoms with van der Waals surface area (Å²) in [6.07, 6.45) is -0.0164. The van der Waals surface area contributed by atoms with Crippen LogP contribution in [0.25, 0.3) is 0 Å². The minimum atomic E-state index is -4.15. The van der Waals surface area contributed by atoms with E-state index in [-0.39, 0.29) is 46.9 Å². The van der Waals surface area contributed by atoms with Gasteiger partial charge in [-0.1, -0.05) is 0 Å². The maximum absolute atomic E-state index is 13.5. The minimum absolute atomic E-state index is 0.0755. The van der Waals surface area contributed by atoms with Crippen molar-refractivity contribution in [3.63, 3.8) is 0 Å². The smallest absolute Gasteiger partial charge is 0.409 e. The van der Waals surface area contributed by atoms with Crippen molar-refractivity contribution in [1.29, 1.82) is 0 Å². The Morgan fingerprint density at radius 1 is 1.11 bits per heavy atom. The number of amides is 2. The molecule has 10 nitrogen and oxygen atoms in total. The predicted molar refractivity (Wildman–Crippen MR) is 125 cm³/mol. The van der Waals surface area contributed by atoms with Gasteiger partial charge in [-0.15, -0.1) is 0 Å². The number of carbonyl (C=O) groups excluding carboxylic acids is 1. The summed E-state index contributed by atoms with van der Waals surface area (Å²) in [5.41, 5.74) is 0.285. The average Bonchev–Trinajstić information content (AvgIpc) is 2.83. The van der Waals surface area contributed by atoms with E-state index in [4.69, 9.17) is 14.6 Å². The van der Waals surface area contributed by atoms with Gasteiger partial charge in [0.15, 0.2) is 0 Å². The zero-order chi connectivity index (χ0) is 25.0. The highest BCUT2D eigenvalue weighted by Crippen LogP contribution is 2.39. The van der Waals surface area contributed by atoms with Gasteiger partial charge in [0.1, 0.15) is 17.7 Å². The Hall–Kier alpha value is -3.38. The number of nitrogens with one attached hydrogen (secondary N) is 2. The summed E-state index contributed by atoms with van der Waals surface area (Å²) in [4.78, 5) is 23.4. The first-order valence-electron chi connectivity index (χ1n) is 11.2. The van der Waals surface area contributed by atoms with Crippen LogP contribution >= 0.6 is 0 Å². The Labute approximate surface area is 202 Å². The van der Waals surface area contributed by atoms with Gasteiger partial charge in [-0.3, -0.25) is 14.4 Å². The largest absolute Gasteiger partial charge is 0.484 e. The van der Waals surface area contributed by atoms with E-state index in [0.29, 0.717) is 19.6 Å². The first kappa shape index (κ1) is 24.7. The summed E-state index contributed by atoms with van der Waals surface area (Å²) in [6, 6.07) is 8.67. The first-order valence-corrected chi connectivity index (χ1v) is 12.6. The van der Waals surface area contributed by atoms with Crippen LogP contribution in [0.3, 0.4) is 0 Å². The maximum Gasteiger partial charge on any atom is 0.409 e. The van der Waals surface area contributed by atoms with Crippen molar-refractivity contribution in [3.8, 4) is 5.75 Å². The Bertz CT molecular complexity index is 1180. The van der Waals surface area contributed by atoms with Crippen LogP contribution in [-0.2, 0) is 19.6 Å². The highest BCUT2D eigenvalue weighted by Gasteiger charge is 2.35. The number of ether oxygens (including phenoxy) is 2. The standard InChI is InChI=1S/C23H26FN3O7S/c24-16-1-4-19(5-2-16)35(31,32)27-14-18(13-25-22(28)11-15-7-9-33-10-8-15)34-21-6-3-17(12-20(21)27)26-23(29)30/h1-6,12,15,18,26H,7-11,13-14H2,(H,25,28)(H,29,30). The van der Waals surface area contributed by atoms with Gasteiger partial charge in [0.2, 0.25) is 5.91 Å². The Morgan fingerprint density at radius 2 is 1.83 bits per heavy atom. The molecular weight excluding hydrogens is 481 g/mol. The van der Waals surface area contributed by atoms with E-state index in [2.05, 4.69) is 10.6 Å². The van der Waals surface area contributed by atoms with Crippen molar-refractivity contribution in [2.24, 2.45) is 5.92 Å². The summed E-state index contributed by atoms with van der Waals surface area (Å²) in [5.74, 6) is -0.279. The van der Waals surface area contributed by atoms with Gasteiger partial charge in [-0.2, -0.15) is 0 Å². The van der Waals surface area contributed by atoms with E-state index in [0.717, 1.165) is 41.4 Å². The molecule has 0 saturated carbocycles. The van der Waals surface area contributed by atoms with Crippen molar-refractivity contribution >= 4 is 33.4 Å². The second kappa shape index (κ2) is 10.5. The van der Waals surface area contributed by atoms with Gasteiger partial charge in [0, 0.05) is 25.3 Å². The second-order valence-electron chi connectivity index (χ2n) is 8.41. The molecule has 2 aliphatic rings. The van der Waals surface area contributed by atoms with Crippen molar-refractivity contribution < 1.29 is 37.0 Å². The molecule has 188 valence electrons. The average molecular weight is 508 g/mol. The number of carboxylic acid groups (broad SMARTS) is 1. The minimum Gasteiger partial charge on any atom is -0.484 e. The third-order valence-electron chi connectivity index (χ3n) is 5.89. The van der Waals surface area contributed by atoms with Crippen molar-refractivity contribution in [3.05, 3.63) is 48.3 Å². The van der Waals surface area contributed by atoms with Crippen molar-refractivity contribution in [2.75, 3.05) is 35.9 Å². The fourth-order valence-electron chi connectivity index (χ4n) is 4.09. The molecule has 1 unspecified atom stereocenters. The number of hydrogen-bond donors (Lipinski definition) is 3. The molecule has 0 radical (unpaired) electrons. The van der Waals surface area contributed by atoms with Gasteiger partial charge in [0.25, 0.3) is 10.0 Å². The Kier molecular flexibility index (Phi) is 7.41. The summed E-state index contributed by atoms with van der Waals surface area (Å²) < 4.78 is 52.6. The van der Waals surface area contributed by atoms with Gasteiger partial charge < -0.3 is 19.9 Å². The van der Waals surface area contributed by atoms with E-state index in [9.17, 15) is 22.4 Å². The molecule has 0 aliphatic carbocycles. The molecular formula is C23H26FN3O7S. The van der Waals surface area contributed by atoms with Crippen LogP contribution in [0.2, 0.25) is 0 Å². The summed E-state index contributed by atoms with van der Waals surface area (Å²) in [7, 11) is -4.15. The quantitative estimate of drug-likeness (QED) is 0.525. The topological polar surface area (TPSA) is 134 Å². The molecule has 0 bridgehead atoms. The third-order valence-corrected chi connectivity index (χ3v) is 7.68. The zero-order valence-electron chi connectivity index (χ0n) is 18.8. The number of rotatable bonds is 7. The van der Waals surface area contributed by atoms with Gasteiger partial charge in [0.05, 0.1) is 23.7 Å². The van der Waals surface area contributed by atoms with Crippen molar-refractivity contribution in [2.45, 2.75) is 30.3 Å². The van der Waals surface area contributed by atoms with Crippen LogP contribution in [-0.4, -0.2) is 57.9 Å². The van der Waals surface area contributed by atoms with Crippen LogP contribution in [0.15, 0.2) is 47.4 Å². The monoisotopic (exact) mass is 507 g/mol. The predicted octanol–water partition coefficient (Wildman–Crippen LogP) is 2.80. The van der Waals surface area contributed by atoms with Crippen LogP contribution in [0.4, 0.5) is 20.6 Å². The van der Waals surface area contributed by atoms with E-state index in [1.165, 1.54) is 18.2 Å². The van der Waals surface area contributed by atoms with Crippen molar-refractivity contribution in [1.82, 2.24) is 5.32 Å². The molecule has 1 fully saturated rings. The number of fused-ring (bicyclic) bond motifs is 1. The summed E-state index contributed by atoms with van der Waals surface area (Å²) in [6.45, 7) is 1.21. The fourth-order valence-corrected chi connectivity index (χ4v) is 5.59. The third kappa shape index (κ3) is 6.01. The molecule has 12 heteroatoms. The highest BCUT2D eigenvalue weighted by molar-refractivity contribution is 7.92. The first-order chi connectivity index (χ1) is 16.7.